The van der Waals surface area contributed by atoms with Crippen molar-refractivity contribution in [3.63, 3.8) is 0 Å². The molecule has 0 fully saturated rings. The van der Waals surface area contributed by atoms with Crippen LogP contribution in [0.5, 0.6) is 0 Å². The van der Waals surface area contributed by atoms with Crippen molar-refractivity contribution >= 4 is 16.6 Å². The number of pyridine rings is 1. The topological polar surface area (TPSA) is 48.4 Å². The van der Waals surface area contributed by atoms with Crippen molar-refractivity contribution in [2.75, 3.05) is 26.9 Å². The number of ketones is 1. The first-order valence-electron chi connectivity index (χ1n) is 5.75. The van der Waals surface area contributed by atoms with Crippen LogP contribution in [0.25, 0.3) is 10.8 Å². The molecule has 0 bridgehead atoms. The molecule has 4 nitrogen and oxygen atoms in total. The number of ether oxygens (including phenoxy) is 2. The van der Waals surface area contributed by atoms with Crippen LogP contribution in [0, 0.1) is 0 Å². The molecular weight excluding hydrogens is 230 g/mol. The molecule has 0 unspecified atom stereocenters. The zero-order valence-electron chi connectivity index (χ0n) is 10.3. The Balaban J connectivity index is 2.13. The lowest BCUT2D eigenvalue weighted by Crippen LogP contribution is -2.12. The van der Waals surface area contributed by atoms with Gasteiger partial charge in [-0.1, -0.05) is 18.2 Å². The van der Waals surface area contributed by atoms with E-state index in [4.69, 9.17) is 9.47 Å². The molecule has 0 N–H and O–H groups in total. The van der Waals surface area contributed by atoms with Gasteiger partial charge in [0.1, 0.15) is 6.61 Å². The predicted molar refractivity (Wildman–Crippen MR) is 68.8 cm³/mol. The third-order valence-corrected chi connectivity index (χ3v) is 2.65. The van der Waals surface area contributed by atoms with Crippen molar-refractivity contribution in [2.45, 2.75) is 0 Å². The van der Waals surface area contributed by atoms with Gasteiger partial charge >= 0.3 is 0 Å². The predicted octanol–water partition coefficient (Wildman–Crippen LogP) is 2.08. The molecule has 1 aromatic heterocycles. The van der Waals surface area contributed by atoms with Gasteiger partial charge in [0.15, 0.2) is 5.78 Å². The van der Waals surface area contributed by atoms with Crippen molar-refractivity contribution in [1.82, 2.24) is 4.98 Å². The summed E-state index contributed by atoms with van der Waals surface area (Å²) in [7, 11) is 1.60. The average Bonchev–Trinajstić information content (AvgIpc) is 2.43. The molecule has 4 heteroatoms. The highest BCUT2D eigenvalue weighted by molar-refractivity contribution is 6.08. The average molecular weight is 245 g/mol. The van der Waals surface area contributed by atoms with Crippen molar-refractivity contribution in [3.8, 4) is 0 Å². The standard InChI is InChI=1S/C14H15NO3/c1-17-7-8-18-10-14(16)13-4-2-3-11-9-15-6-5-12(11)13/h2-6,9H,7-8,10H2,1H3. The number of fused-ring (bicyclic) bond motifs is 1. The molecule has 0 radical (unpaired) electrons. The molecule has 1 aromatic carbocycles. The van der Waals surface area contributed by atoms with Gasteiger partial charge in [-0.2, -0.15) is 0 Å². The Bertz CT molecular complexity index is 534. The van der Waals surface area contributed by atoms with E-state index in [1.807, 2.05) is 24.3 Å². The quantitative estimate of drug-likeness (QED) is 0.577. The van der Waals surface area contributed by atoms with E-state index in [0.29, 0.717) is 18.8 Å². The molecule has 0 atom stereocenters. The number of hydrogen-bond donors (Lipinski definition) is 0. The minimum atomic E-state index is -0.0251. The summed E-state index contributed by atoms with van der Waals surface area (Å²) in [4.78, 5) is 16.1. The van der Waals surface area contributed by atoms with Crippen molar-refractivity contribution < 1.29 is 14.3 Å². The lowest BCUT2D eigenvalue weighted by molar-refractivity contribution is 0.0578. The molecule has 0 aliphatic rings. The van der Waals surface area contributed by atoms with Gasteiger partial charge in [-0.25, -0.2) is 0 Å². The number of aromatic nitrogens is 1. The molecule has 0 amide bonds. The Kier molecular flexibility index (Phi) is 4.39. The van der Waals surface area contributed by atoms with Crippen LogP contribution in [0.1, 0.15) is 10.4 Å². The first kappa shape index (κ1) is 12.7. The summed E-state index contributed by atoms with van der Waals surface area (Å²) in [5.74, 6) is -0.0251. The number of hydrogen-bond acceptors (Lipinski definition) is 4. The van der Waals surface area contributed by atoms with Crippen molar-refractivity contribution in [1.29, 1.82) is 0 Å². The number of methoxy groups -OCH3 is 1. The molecule has 0 aliphatic carbocycles. The summed E-state index contributed by atoms with van der Waals surface area (Å²) < 4.78 is 10.1. The molecular formula is C14H15NO3. The molecule has 0 saturated carbocycles. The highest BCUT2D eigenvalue weighted by atomic mass is 16.5. The number of benzene rings is 1. The van der Waals surface area contributed by atoms with E-state index in [1.54, 1.807) is 19.5 Å². The van der Waals surface area contributed by atoms with Gasteiger partial charge in [-0.05, 0) is 11.5 Å². The van der Waals surface area contributed by atoms with E-state index in [1.165, 1.54) is 0 Å². The number of rotatable bonds is 6. The monoisotopic (exact) mass is 245 g/mol. The minimum Gasteiger partial charge on any atom is -0.382 e. The Morgan fingerprint density at radius 2 is 2.17 bits per heavy atom. The van der Waals surface area contributed by atoms with Gasteiger partial charge in [-0.15, -0.1) is 0 Å². The summed E-state index contributed by atoms with van der Waals surface area (Å²) in [5.41, 5.74) is 0.673. The summed E-state index contributed by atoms with van der Waals surface area (Å²) in [6.45, 7) is 0.992. The summed E-state index contributed by atoms with van der Waals surface area (Å²) in [6, 6.07) is 7.44. The van der Waals surface area contributed by atoms with Crippen LogP contribution in [0.2, 0.25) is 0 Å². The minimum absolute atomic E-state index is 0.0251. The highest BCUT2D eigenvalue weighted by Crippen LogP contribution is 2.17. The van der Waals surface area contributed by atoms with Crippen molar-refractivity contribution in [2.24, 2.45) is 0 Å². The highest BCUT2D eigenvalue weighted by Gasteiger charge is 2.09. The third kappa shape index (κ3) is 2.91. The zero-order chi connectivity index (χ0) is 12.8. The fraction of sp³-hybridized carbons (Fsp3) is 0.286. The number of carbonyl (C=O) groups is 1. The maximum atomic E-state index is 12.0. The van der Waals surface area contributed by atoms with Crippen molar-refractivity contribution in [3.05, 3.63) is 42.2 Å². The van der Waals surface area contributed by atoms with Gasteiger partial charge in [0.05, 0.1) is 13.2 Å². The van der Waals surface area contributed by atoms with Crippen LogP contribution >= 0.6 is 0 Å². The zero-order valence-corrected chi connectivity index (χ0v) is 10.3. The van der Waals surface area contributed by atoms with Crippen LogP contribution in [-0.2, 0) is 9.47 Å². The van der Waals surface area contributed by atoms with Crippen LogP contribution in [0.4, 0.5) is 0 Å². The number of Topliss-reactive ketones (excluding diaryl/α,β-unsaturated/α-hetero) is 1. The van der Waals surface area contributed by atoms with E-state index in [0.717, 1.165) is 10.8 Å². The summed E-state index contributed by atoms with van der Waals surface area (Å²) in [5, 5.41) is 1.87. The molecule has 2 rings (SSSR count). The van der Waals surface area contributed by atoms with Crippen LogP contribution in [0.15, 0.2) is 36.7 Å². The molecule has 2 aromatic rings. The first-order chi connectivity index (χ1) is 8.83. The maximum Gasteiger partial charge on any atom is 0.189 e. The Labute approximate surface area is 106 Å². The molecule has 18 heavy (non-hydrogen) atoms. The van der Waals surface area contributed by atoms with Gasteiger partial charge in [0.25, 0.3) is 0 Å². The third-order valence-electron chi connectivity index (χ3n) is 2.65. The molecule has 0 spiro atoms. The van der Waals surface area contributed by atoms with Crippen LogP contribution in [0.3, 0.4) is 0 Å². The van der Waals surface area contributed by atoms with Gasteiger partial charge in [0, 0.05) is 30.5 Å². The lowest BCUT2D eigenvalue weighted by Gasteiger charge is -2.06. The second kappa shape index (κ2) is 6.23. The van der Waals surface area contributed by atoms with E-state index >= 15 is 0 Å². The maximum absolute atomic E-state index is 12.0. The van der Waals surface area contributed by atoms with Crippen LogP contribution in [-0.4, -0.2) is 37.7 Å². The summed E-state index contributed by atoms with van der Waals surface area (Å²) in [6.07, 6.45) is 3.43. The number of nitrogens with zero attached hydrogens (tertiary/aromatic N) is 1. The molecule has 94 valence electrons. The molecule has 1 heterocycles. The summed E-state index contributed by atoms with van der Waals surface area (Å²) >= 11 is 0. The Morgan fingerprint density at radius 1 is 1.28 bits per heavy atom. The van der Waals surface area contributed by atoms with E-state index in [9.17, 15) is 4.79 Å². The van der Waals surface area contributed by atoms with E-state index < -0.39 is 0 Å². The SMILES string of the molecule is COCCOCC(=O)c1cccc2cnccc12. The van der Waals surface area contributed by atoms with Gasteiger partial charge in [0.2, 0.25) is 0 Å². The largest absolute Gasteiger partial charge is 0.382 e. The lowest BCUT2D eigenvalue weighted by atomic mass is 10.0. The van der Waals surface area contributed by atoms with E-state index in [2.05, 4.69) is 4.98 Å². The fourth-order valence-electron chi connectivity index (χ4n) is 1.75. The smallest absolute Gasteiger partial charge is 0.189 e. The Morgan fingerprint density at radius 3 is 3.00 bits per heavy atom. The normalized spacial score (nSPS) is 10.7. The second-order valence-electron chi connectivity index (χ2n) is 3.87. The second-order valence-corrected chi connectivity index (χ2v) is 3.87. The fourth-order valence-corrected chi connectivity index (χ4v) is 1.75. The number of carbonyl (C=O) groups excluding carboxylic acids is 1. The first-order valence-corrected chi connectivity index (χ1v) is 5.75. The van der Waals surface area contributed by atoms with Gasteiger partial charge < -0.3 is 9.47 Å². The Hall–Kier alpha value is -1.78. The van der Waals surface area contributed by atoms with E-state index in [-0.39, 0.29) is 12.4 Å². The molecule has 0 aliphatic heterocycles. The van der Waals surface area contributed by atoms with Crippen LogP contribution < -0.4 is 0 Å². The molecule has 0 saturated heterocycles. The van der Waals surface area contributed by atoms with Gasteiger partial charge in [-0.3, -0.25) is 9.78 Å².